The van der Waals surface area contributed by atoms with Crippen molar-refractivity contribution in [3.05, 3.63) is 41.4 Å². The number of nitrogens with zero attached hydrogens (tertiary/aromatic N) is 3. The second-order valence-electron chi connectivity index (χ2n) is 7.12. The van der Waals surface area contributed by atoms with Gasteiger partial charge in [-0.25, -0.2) is 4.98 Å². The van der Waals surface area contributed by atoms with Gasteiger partial charge in [-0.15, -0.1) is 11.3 Å². The van der Waals surface area contributed by atoms with Gasteiger partial charge >= 0.3 is 0 Å². The molecule has 6 heteroatoms. The highest BCUT2D eigenvalue weighted by molar-refractivity contribution is 7.13. The molecule has 0 aliphatic carbocycles. The van der Waals surface area contributed by atoms with Crippen molar-refractivity contribution in [3.63, 3.8) is 0 Å². The third-order valence-electron chi connectivity index (χ3n) is 4.51. The van der Waals surface area contributed by atoms with E-state index in [2.05, 4.69) is 39.4 Å². The highest BCUT2D eigenvalue weighted by Gasteiger charge is 2.20. The molecule has 1 unspecified atom stereocenters. The smallest absolute Gasteiger partial charge is 0.123 e. The molecule has 5 nitrogen and oxygen atoms in total. The lowest BCUT2D eigenvalue weighted by Crippen LogP contribution is -2.48. The number of aliphatic hydroxyl groups is 1. The minimum Gasteiger partial charge on any atom is -0.389 e. The number of aromatic nitrogens is 1. The van der Waals surface area contributed by atoms with Crippen LogP contribution in [-0.2, 0) is 11.3 Å². The summed E-state index contributed by atoms with van der Waals surface area (Å²) in [6, 6.07) is 10.3. The summed E-state index contributed by atoms with van der Waals surface area (Å²) in [5.74, 6) is 0. The van der Waals surface area contributed by atoms with Crippen molar-refractivity contribution in [2.45, 2.75) is 32.6 Å². The summed E-state index contributed by atoms with van der Waals surface area (Å²) in [5.41, 5.74) is 2.33. The maximum absolute atomic E-state index is 10.1. The second-order valence-corrected chi connectivity index (χ2v) is 7.98. The summed E-state index contributed by atoms with van der Waals surface area (Å²) >= 11 is 1.71. The van der Waals surface area contributed by atoms with Crippen LogP contribution in [-0.4, -0.2) is 71.4 Å². The first kappa shape index (κ1) is 19.5. The number of hydrogen-bond donors (Lipinski definition) is 1. The predicted octanol–water partition coefficient (Wildman–Crippen LogP) is 2.71. The van der Waals surface area contributed by atoms with E-state index in [1.54, 1.807) is 11.3 Å². The van der Waals surface area contributed by atoms with Crippen molar-refractivity contribution < 1.29 is 9.84 Å². The van der Waals surface area contributed by atoms with Crippen molar-refractivity contribution in [1.29, 1.82) is 0 Å². The number of piperazine rings is 1. The third-order valence-corrected chi connectivity index (χ3v) is 5.45. The van der Waals surface area contributed by atoms with Crippen molar-refractivity contribution in [3.8, 4) is 10.6 Å². The molecule has 2 heterocycles. The van der Waals surface area contributed by atoms with Gasteiger partial charge in [0.05, 0.1) is 24.5 Å². The van der Waals surface area contributed by atoms with Crippen molar-refractivity contribution in [2.24, 2.45) is 0 Å². The predicted molar refractivity (Wildman–Crippen MR) is 106 cm³/mol. The summed E-state index contributed by atoms with van der Waals surface area (Å²) < 4.78 is 5.49. The maximum atomic E-state index is 10.1. The Labute approximate surface area is 160 Å². The number of hydrogen-bond acceptors (Lipinski definition) is 6. The lowest BCUT2D eigenvalue weighted by molar-refractivity contribution is -0.0149. The average Bonchev–Trinajstić information content (AvgIpc) is 3.11. The molecule has 1 fully saturated rings. The summed E-state index contributed by atoms with van der Waals surface area (Å²) in [7, 11) is 0. The molecule has 1 saturated heterocycles. The van der Waals surface area contributed by atoms with E-state index in [0.29, 0.717) is 13.2 Å². The van der Waals surface area contributed by atoms with Crippen molar-refractivity contribution in [2.75, 3.05) is 39.3 Å². The third kappa shape index (κ3) is 5.86. The van der Waals surface area contributed by atoms with E-state index in [1.807, 2.05) is 19.9 Å². The Morgan fingerprint density at radius 2 is 1.81 bits per heavy atom. The zero-order valence-corrected chi connectivity index (χ0v) is 16.5. The molecule has 0 bridgehead atoms. The van der Waals surface area contributed by atoms with Crippen LogP contribution in [0.4, 0.5) is 0 Å². The summed E-state index contributed by atoms with van der Waals surface area (Å²) in [6.07, 6.45) is -0.240. The number of β-amino-alcohol motifs (C(OH)–C–C–N with tert-alkyl or cyclic N) is 1. The fraction of sp³-hybridized carbons (Fsp3) is 0.550. The monoisotopic (exact) mass is 375 g/mol. The Balaban J connectivity index is 1.42. The van der Waals surface area contributed by atoms with E-state index >= 15 is 0 Å². The molecule has 1 aromatic carbocycles. The molecular formula is C20H29N3O2S. The van der Waals surface area contributed by atoms with E-state index in [0.717, 1.165) is 43.4 Å². The van der Waals surface area contributed by atoms with Gasteiger partial charge in [0.25, 0.3) is 0 Å². The lowest BCUT2D eigenvalue weighted by atomic mass is 10.2. The highest BCUT2D eigenvalue weighted by Crippen LogP contribution is 2.24. The van der Waals surface area contributed by atoms with Gasteiger partial charge in [0.15, 0.2) is 0 Å². The molecule has 0 radical (unpaired) electrons. The molecule has 0 spiro atoms. The van der Waals surface area contributed by atoms with Crippen LogP contribution in [0.25, 0.3) is 10.6 Å². The quantitative estimate of drug-likeness (QED) is 0.769. The zero-order valence-electron chi connectivity index (χ0n) is 15.7. The molecule has 142 valence electrons. The fourth-order valence-electron chi connectivity index (χ4n) is 3.11. The van der Waals surface area contributed by atoms with Crippen LogP contribution in [0.5, 0.6) is 0 Å². The number of thiazole rings is 1. The molecule has 1 aliphatic heterocycles. The molecule has 1 aliphatic rings. The molecule has 1 N–H and O–H groups in total. The minimum atomic E-state index is -0.407. The molecule has 26 heavy (non-hydrogen) atoms. The van der Waals surface area contributed by atoms with Crippen LogP contribution in [0.2, 0.25) is 0 Å². The molecule has 0 saturated carbocycles. The van der Waals surface area contributed by atoms with Gasteiger partial charge in [0.1, 0.15) is 5.01 Å². The lowest BCUT2D eigenvalue weighted by Gasteiger charge is -2.35. The van der Waals surface area contributed by atoms with E-state index in [9.17, 15) is 5.11 Å². The molecule has 2 aromatic rings. The first-order valence-corrected chi connectivity index (χ1v) is 10.2. The summed E-state index contributed by atoms with van der Waals surface area (Å²) in [6.45, 7) is 9.97. The van der Waals surface area contributed by atoms with E-state index in [4.69, 9.17) is 9.72 Å². The SMILES string of the molecule is CC(C)OCC(O)CN1CCN(Cc2csc(-c3ccccc3)n2)CC1. The molecular weight excluding hydrogens is 346 g/mol. The van der Waals surface area contributed by atoms with Crippen molar-refractivity contribution >= 4 is 11.3 Å². The number of rotatable bonds is 8. The Kier molecular flexibility index (Phi) is 7.16. The van der Waals surface area contributed by atoms with E-state index in [1.165, 1.54) is 5.56 Å². The van der Waals surface area contributed by atoms with Crippen molar-refractivity contribution in [1.82, 2.24) is 14.8 Å². The van der Waals surface area contributed by atoms with Crippen LogP contribution < -0.4 is 0 Å². The molecule has 1 atom stereocenters. The van der Waals surface area contributed by atoms with Crippen LogP contribution in [0.1, 0.15) is 19.5 Å². The minimum absolute atomic E-state index is 0.167. The van der Waals surface area contributed by atoms with Gasteiger partial charge in [-0.1, -0.05) is 30.3 Å². The van der Waals surface area contributed by atoms with Gasteiger partial charge in [0, 0.05) is 50.2 Å². The van der Waals surface area contributed by atoms with E-state index in [-0.39, 0.29) is 6.10 Å². The zero-order chi connectivity index (χ0) is 18.4. The topological polar surface area (TPSA) is 48.8 Å². The number of aliphatic hydroxyl groups excluding tert-OH is 1. The second kappa shape index (κ2) is 9.58. The van der Waals surface area contributed by atoms with Gasteiger partial charge in [-0.3, -0.25) is 9.80 Å². The summed E-state index contributed by atoms with van der Waals surface area (Å²) in [5, 5.41) is 13.3. The van der Waals surface area contributed by atoms with Gasteiger partial charge < -0.3 is 9.84 Å². The van der Waals surface area contributed by atoms with Crippen LogP contribution in [0.15, 0.2) is 35.7 Å². The Hall–Kier alpha value is -1.31. The Morgan fingerprint density at radius 1 is 1.12 bits per heavy atom. The highest BCUT2D eigenvalue weighted by atomic mass is 32.1. The molecule has 3 rings (SSSR count). The number of benzene rings is 1. The van der Waals surface area contributed by atoms with Crippen LogP contribution in [0.3, 0.4) is 0 Å². The van der Waals surface area contributed by atoms with Crippen LogP contribution >= 0.6 is 11.3 Å². The standard InChI is InChI=1S/C20H29N3O2S/c1-16(2)25-14-19(24)13-23-10-8-22(9-11-23)12-18-15-26-20(21-18)17-6-4-3-5-7-17/h3-7,15-16,19,24H,8-14H2,1-2H3. The van der Waals surface area contributed by atoms with Gasteiger partial charge in [-0.05, 0) is 13.8 Å². The maximum Gasteiger partial charge on any atom is 0.123 e. The normalized spacial score (nSPS) is 17.7. The first-order chi connectivity index (χ1) is 12.6. The number of ether oxygens (including phenoxy) is 1. The van der Waals surface area contributed by atoms with E-state index < -0.39 is 6.10 Å². The fourth-order valence-corrected chi connectivity index (χ4v) is 3.92. The van der Waals surface area contributed by atoms with Crippen LogP contribution in [0, 0.1) is 0 Å². The van der Waals surface area contributed by atoms with Gasteiger partial charge in [0.2, 0.25) is 0 Å². The largest absolute Gasteiger partial charge is 0.389 e. The molecule has 1 aromatic heterocycles. The Morgan fingerprint density at radius 3 is 2.50 bits per heavy atom. The van der Waals surface area contributed by atoms with Gasteiger partial charge in [-0.2, -0.15) is 0 Å². The summed E-state index contributed by atoms with van der Waals surface area (Å²) in [4.78, 5) is 9.55. The molecule has 0 amide bonds. The Bertz CT molecular complexity index is 654. The first-order valence-electron chi connectivity index (χ1n) is 9.34. The average molecular weight is 376 g/mol.